The summed E-state index contributed by atoms with van der Waals surface area (Å²) in [6.07, 6.45) is 1.96. The average Bonchev–Trinajstić information content (AvgIpc) is 2.71. The number of anilines is 1. The van der Waals surface area contributed by atoms with Crippen molar-refractivity contribution in [3.05, 3.63) is 28.5 Å². The summed E-state index contributed by atoms with van der Waals surface area (Å²) in [5, 5.41) is 2.85. The van der Waals surface area contributed by atoms with Gasteiger partial charge in [-0.1, -0.05) is 0 Å². The van der Waals surface area contributed by atoms with Crippen molar-refractivity contribution >= 4 is 39.3 Å². The Morgan fingerprint density at radius 3 is 2.94 bits per heavy atom. The number of nitrogens with one attached hydrogen (secondary N) is 1. The van der Waals surface area contributed by atoms with Gasteiger partial charge in [0.05, 0.1) is 10.4 Å². The summed E-state index contributed by atoms with van der Waals surface area (Å²) < 4.78 is 13.1. The Kier molecular flexibility index (Phi) is 3.78. The smallest absolute Gasteiger partial charge is 0.240 e. The van der Waals surface area contributed by atoms with Gasteiger partial charge in [-0.2, -0.15) is 0 Å². The Morgan fingerprint density at radius 2 is 2.35 bits per heavy atom. The summed E-state index contributed by atoms with van der Waals surface area (Å²) in [5.41, 5.74) is 0.616. The summed E-state index contributed by atoms with van der Waals surface area (Å²) in [7, 11) is 0. The monoisotopic (exact) mass is 317 g/mol. The van der Waals surface area contributed by atoms with Gasteiger partial charge >= 0.3 is 0 Å². The molecular weight excluding hydrogens is 305 g/mol. The minimum absolute atomic E-state index is 0.00712. The molecule has 1 aromatic carbocycles. The third kappa shape index (κ3) is 2.83. The highest BCUT2D eigenvalue weighted by atomic mass is 79.9. The molecule has 1 atom stereocenters. The lowest BCUT2D eigenvalue weighted by Gasteiger charge is -2.21. The van der Waals surface area contributed by atoms with E-state index in [1.807, 2.05) is 6.92 Å². The third-order valence-corrected chi connectivity index (χ3v) is 5.05. The molecule has 0 aromatic heterocycles. The van der Waals surface area contributed by atoms with Gasteiger partial charge in [-0.15, -0.1) is 11.8 Å². The Labute approximate surface area is 112 Å². The predicted octanol–water partition coefficient (Wildman–Crippen LogP) is 3.81. The number of carbonyl (C=O) groups is 1. The van der Waals surface area contributed by atoms with Crippen LogP contribution >= 0.6 is 27.7 Å². The minimum Gasteiger partial charge on any atom is -0.324 e. The molecule has 1 aliphatic heterocycles. The first-order valence-corrected chi connectivity index (χ1v) is 7.20. The number of carbonyl (C=O) groups excluding carboxylic acids is 1. The van der Waals surface area contributed by atoms with E-state index in [1.165, 1.54) is 12.1 Å². The topological polar surface area (TPSA) is 29.1 Å². The number of benzene rings is 1. The van der Waals surface area contributed by atoms with E-state index in [0.717, 1.165) is 18.6 Å². The Hall–Kier alpha value is -0.550. The van der Waals surface area contributed by atoms with E-state index in [4.69, 9.17) is 0 Å². The van der Waals surface area contributed by atoms with Gasteiger partial charge < -0.3 is 5.32 Å². The first kappa shape index (κ1) is 12.9. The van der Waals surface area contributed by atoms with Crippen LogP contribution in [0.2, 0.25) is 0 Å². The van der Waals surface area contributed by atoms with Crippen LogP contribution < -0.4 is 5.32 Å². The summed E-state index contributed by atoms with van der Waals surface area (Å²) in [5.74, 6) is 0.692. The molecule has 1 saturated heterocycles. The van der Waals surface area contributed by atoms with E-state index in [2.05, 4.69) is 21.2 Å². The van der Waals surface area contributed by atoms with Crippen LogP contribution in [-0.2, 0) is 4.79 Å². The lowest BCUT2D eigenvalue weighted by molar-refractivity contribution is -0.118. The molecule has 1 aliphatic rings. The van der Waals surface area contributed by atoms with Crippen LogP contribution in [0.5, 0.6) is 0 Å². The van der Waals surface area contributed by atoms with E-state index in [9.17, 15) is 9.18 Å². The van der Waals surface area contributed by atoms with Crippen molar-refractivity contribution in [2.45, 2.75) is 24.5 Å². The molecule has 17 heavy (non-hydrogen) atoms. The Balaban J connectivity index is 2.13. The van der Waals surface area contributed by atoms with Gasteiger partial charge in [-0.25, -0.2) is 4.39 Å². The largest absolute Gasteiger partial charge is 0.324 e. The highest BCUT2D eigenvalue weighted by Crippen LogP contribution is 2.39. The number of rotatable bonds is 2. The number of hydrogen-bond acceptors (Lipinski definition) is 2. The zero-order valence-corrected chi connectivity index (χ0v) is 11.8. The van der Waals surface area contributed by atoms with E-state index in [-0.39, 0.29) is 16.5 Å². The van der Waals surface area contributed by atoms with E-state index < -0.39 is 0 Å². The molecule has 0 bridgehead atoms. The fourth-order valence-corrected chi connectivity index (χ4v) is 3.46. The second-order valence-electron chi connectivity index (χ2n) is 4.26. The van der Waals surface area contributed by atoms with Gasteiger partial charge in [0.1, 0.15) is 5.82 Å². The molecule has 5 heteroatoms. The molecule has 1 amide bonds. The van der Waals surface area contributed by atoms with Crippen molar-refractivity contribution in [1.29, 1.82) is 0 Å². The fourth-order valence-electron chi connectivity index (χ4n) is 1.80. The summed E-state index contributed by atoms with van der Waals surface area (Å²) >= 11 is 4.92. The minimum atomic E-state index is -0.353. The van der Waals surface area contributed by atoms with Crippen molar-refractivity contribution in [3.8, 4) is 0 Å². The van der Waals surface area contributed by atoms with Gasteiger partial charge in [-0.3, -0.25) is 4.79 Å². The Morgan fingerprint density at radius 1 is 1.59 bits per heavy atom. The van der Waals surface area contributed by atoms with Gasteiger partial charge in [-0.05, 0) is 59.6 Å². The first-order valence-electron chi connectivity index (χ1n) is 5.42. The van der Waals surface area contributed by atoms with Gasteiger partial charge in [0.2, 0.25) is 5.91 Å². The van der Waals surface area contributed by atoms with E-state index in [0.29, 0.717) is 10.2 Å². The lowest BCUT2D eigenvalue weighted by atomic mass is 10.0. The zero-order chi connectivity index (χ0) is 12.5. The molecule has 0 spiro atoms. The van der Waals surface area contributed by atoms with Crippen molar-refractivity contribution in [2.24, 2.45) is 0 Å². The number of halogens is 2. The lowest BCUT2D eigenvalue weighted by Crippen LogP contribution is -2.34. The summed E-state index contributed by atoms with van der Waals surface area (Å²) in [6, 6.07) is 4.25. The molecular formula is C12H13BrFNOS. The predicted molar refractivity (Wildman–Crippen MR) is 72.8 cm³/mol. The quantitative estimate of drug-likeness (QED) is 0.898. The molecule has 2 rings (SSSR count). The molecule has 0 aliphatic carbocycles. The van der Waals surface area contributed by atoms with E-state index >= 15 is 0 Å². The zero-order valence-electron chi connectivity index (χ0n) is 9.43. The molecule has 2 nitrogen and oxygen atoms in total. The fraction of sp³-hybridized carbons (Fsp3) is 0.417. The standard InChI is InChI=1S/C12H13BrFNOS/c1-12(5-2-6-17-12)11(16)15-10-4-3-8(14)7-9(10)13/h3-4,7H,2,5-6H2,1H3,(H,15,16). The van der Waals surface area contributed by atoms with Crippen LogP contribution in [-0.4, -0.2) is 16.4 Å². The Bertz CT molecular complexity index is 446. The van der Waals surface area contributed by atoms with Crippen molar-refractivity contribution in [2.75, 3.05) is 11.1 Å². The molecule has 1 aromatic rings. The maximum atomic E-state index is 12.9. The summed E-state index contributed by atoms with van der Waals surface area (Å²) in [6.45, 7) is 1.96. The van der Waals surface area contributed by atoms with E-state index in [1.54, 1.807) is 17.8 Å². The molecule has 1 N–H and O–H groups in total. The second-order valence-corrected chi connectivity index (χ2v) is 6.71. The number of thioether (sulfide) groups is 1. The van der Waals surface area contributed by atoms with Crippen LogP contribution in [0.15, 0.2) is 22.7 Å². The number of hydrogen-bond donors (Lipinski definition) is 1. The first-order chi connectivity index (χ1) is 8.01. The van der Waals surface area contributed by atoms with Gasteiger partial charge in [0, 0.05) is 4.47 Å². The van der Waals surface area contributed by atoms with Crippen LogP contribution in [0.1, 0.15) is 19.8 Å². The highest BCUT2D eigenvalue weighted by molar-refractivity contribution is 9.10. The highest BCUT2D eigenvalue weighted by Gasteiger charge is 2.37. The van der Waals surface area contributed by atoms with Crippen molar-refractivity contribution in [1.82, 2.24) is 0 Å². The maximum Gasteiger partial charge on any atom is 0.240 e. The van der Waals surface area contributed by atoms with Gasteiger partial charge in [0.15, 0.2) is 0 Å². The van der Waals surface area contributed by atoms with Crippen LogP contribution in [0.4, 0.5) is 10.1 Å². The third-order valence-electron chi connectivity index (χ3n) is 2.88. The molecule has 92 valence electrons. The van der Waals surface area contributed by atoms with Crippen molar-refractivity contribution in [3.63, 3.8) is 0 Å². The van der Waals surface area contributed by atoms with Gasteiger partial charge in [0.25, 0.3) is 0 Å². The summed E-state index contributed by atoms with van der Waals surface area (Å²) in [4.78, 5) is 12.1. The average molecular weight is 318 g/mol. The normalized spacial score (nSPS) is 23.7. The van der Waals surface area contributed by atoms with Crippen LogP contribution in [0.25, 0.3) is 0 Å². The molecule has 1 unspecified atom stereocenters. The maximum absolute atomic E-state index is 12.9. The molecule has 0 radical (unpaired) electrons. The van der Waals surface area contributed by atoms with Crippen molar-refractivity contribution < 1.29 is 9.18 Å². The molecule has 1 fully saturated rings. The van der Waals surface area contributed by atoms with Crippen LogP contribution in [0, 0.1) is 5.82 Å². The second kappa shape index (κ2) is 4.98. The molecule has 0 saturated carbocycles. The molecule has 1 heterocycles. The van der Waals surface area contributed by atoms with Crippen LogP contribution in [0.3, 0.4) is 0 Å². The number of amides is 1. The SMILES string of the molecule is CC1(C(=O)Nc2ccc(F)cc2Br)CCCS1.